The lowest BCUT2D eigenvalue weighted by Gasteiger charge is -2.23. The normalized spacial score (nSPS) is 12.0. The Balaban J connectivity index is 2.19. The fourth-order valence-corrected chi connectivity index (χ4v) is 1.99. The summed E-state index contributed by atoms with van der Waals surface area (Å²) in [7, 11) is 3.46. The minimum Gasteiger partial charge on any atom is -0.497 e. The Morgan fingerprint density at radius 3 is 2.61 bits per heavy atom. The van der Waals surface area contributed by atoms with E-state index < -0.39 is 0 Å². The Hall–Kier alpha value is -1.48. The van der Waals surface area contributed by atoms with Crippen LogP contribution >= 0.6 is 0 Å². The number of aromatic nitrogens is 1. The van der Waals surface area contributed by atoms with Gasteiger partial charge in [0.2, 0.25) is 0 Å². The van der Waals surface area contributed by atoms with Crippen molar-refractivity contribution >= 4 is 10.9 Å². The predicted molar refractivity (Wildman–Crippen MR) is 74.2 cm³/mol. The molecule has 0 spiro atoms. The van der Waals surface area contributed by atoms with Gasteiger partial charge in [-0.2, -0.15) is 0 Å². The number of rotatable bonds is 5. The summed E-state index contributed by atoms with van der Waals surface area (Å²) in [6, 6.07) is 8.29. The summed E-state index contributed by atoms with van der Waals surface area (Å²) in [6.07, 6.45) is 3.11. The Morgan fingerprint density at radius 2 is 1.94 bits per heavy atom. The molecule has 0 amide bonds. The topological polar surface area (TPSA) is 23.4 Å². The molecule has 1 aromatic carbocycles. The van der Waals surface area contributed by atoms with Crippen LogP contribution < -0.4 is 4.74 Å². The summed E-state index contributed by atoms with van der Waals surface area (Å²) in [6.45, 7) is 5.18. The lowest BCUT2D eigenvalue weighted by molar-refractivity contribution is 0.0123. The van der Waals surface area contributed by atoms with E-state index in [9.17, 15) is 0 Å². The van der Waals surface area contributed by atoms with Gasteiger partial charge in [0.1, 0.15) is 5.75 Å². The number of nitrogens with zero attached hydrogens (tertiary/aromatic N) is 1. The molecule has 0 fully saturated rings. The van der Waals surface area contributed by atoms with Crippen LogP contribution in [-0.4, -0.2) is 24.4 Å². The van der Waals surface area contributed by atoms with Gasteiger partial charge in [0.25, 0.3) is 0 Å². The van der Waals surface area contributed by atoms with Gasteiger partial charge in [0.15, 0.2) is 0 Å². The second-order valence-electron chi connectivity index (χ2n) is 5.15. The molecule has 0 radical (unpaired) electrons. The third-order valence-corrected chi connectivity index (χ3v) is 3.49. The van der Waals surface area contributed by atoms with Crippen LogP contribution in [0.3, 0.4) is 0 Å². The molecule has 0 aliphatic rings. The van der Waals surface area contributed by atoms with Crippen LogP contribution in [0.15, 0.2) is 30.5 Å². The molecule has 0 aliphatic heterocycles. The van der Waals surface area contributed by atoms with E-state index in [-0.39, 0.29) is 5.60 Å². The maximum Gasteiger partial charge on any atom is 0.119 e. The molecule has 2 aromatic rings. The molecule has 0 saturated carbocycles. The third kappa shape index (κ3) is 2.67. The van der Waals surface area contributed by atoms with Gasteiger partial charge in [-0.1, -0.05) is 0 Å². The second-order valence-corrected chi connectivity index (χ2v) is 5.15. The maximum absolute atomic E-state index is 5.45. The summed E-state index contributed by atoms with van der Waals surface area (Å²) >= 11 is 0. The van der Waals surface area contributed by atoms with E-state index >= 15 is 0 Å². The van der Waals surface area contributed by atoms with Gasteiger partial charge >= 0.3 is 0 Å². The highest BCUT2D eigenvalue weighted by Gasteiger charge is 2.16. The maximum atomic E-state index is 5.45. The largest absolute Gasteiger partial charge is 0.497 e. The molecule has 1 aromatic heterocycles. The van der Waals surface area contributed by atoms with Gasteiger partial charge in [-0.25, -0.2) is 0 Å². The number of ether oxygens (including phenoxy) is 2. The Labute approximate surface area is 108 Å². The Morgan fingerprint density at radius 1 is 1.17 bits per heavy atom. The monoisotopic (exact) mass is 247 g/mol. The molecule has 3 heteroatoms. The minimum atomic E-state index is -0.0803. The number of hydrogen-bond acceptors (Lipinski definition) is 2. The molecule has 98 valence electrons. The van der Waals surface area contributed by atoms with Gasteiger partial charge in [-0.15, -0.1) is 0 Å². The Bertz CT molecular complexity index is 528. The van der Waals surface area contributed by atoms with E-state index in [1.54, 1.807) is 14.2 Å². The van der Waals surface area contributed by atoms with Gasteiger partial charge in [-0.05, 0) is 44.5 Å². The molecular formula is C15H21NO2. The zero-order chi connectivity index (χ0) is 13.2. The van der Waals surface area contributed by atoms with E-state index in [1.165, 1.54) is 10.9 Å². The van der Waals surface area contributed by atoms with Crippen molar-refractivity contribution in [3.8, 4) is 5.75 Å². The lowest BCUT2D eigenvalue weighted by Crippen LogP contribution is -2.24. The van der Waals surface area contributed by atoms with E-state index in [4.69, 9.17) is 9.47 Å². The van der Waals surface area contributed by atoms with E-state index in [0.717, 1.165) is 18.7 Å². The summed E-state index contributed by atoms with van der Waals surface area (Å²) in [4.78, 5) is 0. The van der Waals surface area contributed by atoms with Crippen molar-refractivity contribution in [2.45, 2.75) is 32.4 Å². The summed E-state index contributed by atoms with van der Waals surface area (Å²) in [5.41, 5.74) is 1.16. The smallest absolute Gasteiger partial charge is 0.119 e. The van der Waals surface area contributed by atoms with Crippen LogP contribution in [-0.2, 0) is 11.3 Å². The fraction of sp³-hybridized carbons (Fsp3) is 0.467. The molecule has 0 unspecified atom stereocenters. The number of aryl methyl sites for hydroxylation is 1. The quantitative estimate of drug-likeness (QED) is 0.807. The van der Waals surface area contributed by atoms with Crippen molar-refractivity contribution in [3.63, 3.8) is 0 Å². The highest BCUT2D eigenvalue weighted by molar-refractivity contribution is 5.81. The van der Waals surface area contributed by atoms with Crippen LogP contribution in [0.1, 0.15) is 20.3 Å². The molecule has 3 nitrogen and oxygen atoms in total. The first-order chi connectivity index (χ1) is 8.55. The minimum absolute atomic E-state index is 0.0803. The fourth-order valence-electron chi connectivity index (χ4n) is 1.99. The van der Waals surface area contributed by atoms with Gasteiger partial charge < -0.3 is 14.0 Å². The molecule has 0 bridgehead atoms. The van der Waals surface area contributed by atoms with Crippen LogP contribution in [0.2, 0.25) is 0 Å². The Kier molecular flexibility index (Phi) is 3.62. The van der Waals surface area contributed by atoms with Crippen molar-refractivity contribution in [2.24, 2.45) is 0 Å². The van der Waals surface area contributed by atoms with E-state index in [1.807, 2.05) is 6.07 Å². The van der Waals surface area contributed by atoms with E-state index in [2.05, 4.69) is 42.8 Å². The molecule has 0 atom stereocenters. The molecule has 0 N–H and O–H groups in total. The molecule has 18 heavy (non-hydrogen) atoms. The zero-order valence-corrected chi connectivity index (χ0v) is 11.6. The van der Waals surface area contributed by atoms with Gasteiger partial charge in [0.05, 0.1) is 12.7 Å². The molecular weight excluding hydrogens is 226 g/mol. The zero-order valence-electron chi connectivity index (χ0n) is 11.6. The number of benzene rings is 1. The molecule has 2 rings (SSSR count). The van der Waals surface area contributed by atoms with Crippen molar-refractivity contribution in [3.05, 3.63) is 30.5 Å². The number of hydrogen-bond donors (Lipinski definition) is 0. The molecule has 1 heterocycles. The third-order valence-electron chi connectivity index (χ3n) is 3.49. The van der Waals surface area contributed by atoms with Crippen LogP contribution in [0.4, 0.5) is 0 Å². The average Bonchev–Trinajstić information content (AvgIpc) is 2.78. The first-order valence-electron chi connectivity index (χ1n) is 6.24. The van der Waals surface area contributed by atoms with Crippen LogP contribution in [0.25, 0.3) is 10.9 Å². The van der Waals surface area contributed by atoms with Gasteiger partial charge in [-0.3, -0.25) is 0 Å². The van der Waals surface area contributed by atoms with Crippen LogP contribution in [0, 0.1) is 0 Å². The highest BCUT2D eigenvalue weighted by Crippen LogP contribution is 2.23. The average molecular weight is 247 g/mol. The highest BCUT2D eigenvalue weighted by atomic mass is 16.5. The lowest BCUT2D eigenvalue weighted by atomic mass is 10.1. The first-order valence-corrected chi connectivity index (χ1v) is 6.24. The number of fused-ring (bicyclic) bond motifs is 1. The standard InChI is InChI=1S/C15H21NO2/c1-15(2,18-4)8-10-16-9-7-12-11-13(17-3)5-6-14(12)16/h5-7,9,11H,8,10H2,1-4H3. The SMILES string of the molecule is COc1ccc2c(ccn2CCC(C)(C)OC)c1. The van der Waals surface area contributed by atoms with Gasteiger partial charge in [0, 0.05) is 30.8 Å². The molecule has 0 saturated heterocycles. The number of methoxy groups -OCH3 is 2. The van der Waals surface area contributed by atoms with Crippen molar-refractivity contribution < 1.29 is 9.47 Å². The van der Waals surface area contributed by atoms with E-state index in [0.29, 0.717) is 0 Å². The van der Waals surface area contributed by atoms with Crippen molar-refractivity contribution in [1.29, 1.82) is 0 Å². The van der Waals surface area contributed by atoms with Crippen LogP contribution in [0.5, 0.6) is 5.75 Å². The summed E-state index contributed by atoms with van der Waals surface area (Å²) < 4.78 is 12.9. The molecule has 0 aliphatic carbocycles. The van der Waals surface area contributed by atoms with Crippen molar-refractivity contribution in [1.82, 2.24) is 4.57 Å². The van der Waals surface area contributed by atoms with Crippen molar-refractivity contribution in [2.75, 3.05) is 14.2 Å². The predicted octanol–water partition coefficient (Wildman–Crippen LogP) is 3.47. The summed E-state index contributed by atoms with van der Waals surface area (Å²) in [5, 5.41) is 1.21. The summed E-state index contributed by atoms with van der Waals surface area (Å²) in [5.74, 6) is 0.900. The first kappa shape index (κ1) is 13.0. The second kappa shape index (κ2) is 5.02.